The van der Waals surface area contributed by atoms with Gasteiger partial charge in [0.05, 0.1) is 5.41 Å². The van der Waals surface area contributed by atoms with E-state index in [2.05, 4.69) is 16.7 Å². The molecular formula is C16H20N2O3. The average molecular weight is 288 g/mol. The van der Waals surface area contributed by atoms with Gasteiger partial charge in [-0.2, -0.15) is 0 Å². The molecule has 1 fully saturated rings. The summed E-state index contributed by atoms with van der Waals surface area (Å²) in [5, 5.41) is 14.7. The van der Waals surface area contributed by atoms with Gasteiger partial charge in [0, 0.05) is 12.2 Å². The van der Waals surface area contributed by atoms with E-state index in [1.165, 1.54) is 17.5 Å². The standard InChI is InChI=1S/C16H20N2O3/c19-14(20)16(8-9-16)10-17-15(21)18-13-7-3-5-11-4-1-2-6-12(11)13/h3,5,7H,1-2,4,6,8-10H2,(H,19,20)(H2,17,18,21). The fraction of sp³-hybridized carbons (Fsp3) is 0.500. The number of rotatable bonds is 4. The van der Waals surface area contributed by atoms with E-state index in [9.17, 15) is 9.59 Å². The Balaban J connectivity index is 1.62. The van der Waals surface area contributed by atoms with Gasteiger partial charge >= 0.3 is 12.0 Å². The number of fused-ring (bicyclic) bond motifs is 1. The molecule has 3 rings (SSSR count). The van der Waals surface area contributed by atoms with Gasteiger partial charge in [-0.05, 0) is 55.7 Å². The van der Waals surface area contributed by atoms with Crippen molar-refractivity contribution in [3.63, 3.8) is 0 Å². The van der Waals surface area contributed by atoms with Crippen molar-refractivity contribution in [3.8, 4) is 0 Å². The van der Waals surface area contributed by atoms with E-state index in [4.69, 9.17) is 5.11 Å². The Kier molecular flexibility index (Phi) is 3.57. The number of carbonyl (C=O) groups is 2. The summed E-state index contributed by atoms with van der Waals surface area (Å²) < 4.78 is 0. The van der Waals surface area contributed by atoms with E-state index >= 15 is 0 Å². The molecule has 0 radical (unpaired) electrons. The molecule has 5 nitrogen and oxygen atoms in total. The van der Waals surface area contributed by atoms with Crippen molar-refractivity contribution >= 4 is 17.7 Å². The zero-order valence-electron chi connectivity index (χ0n) is 11.9. The fourth-order valence-electron chi connectivity index (χ4n) is 2.93. The molecule has 0 atom stereocenters. The number of nitrogens with one attached hydrogen (secondary N) is 2. The van der Waals surface area contributed by atoms with E-state index in [-0.39, 0.29) is 12.6 Å². The van der Waals surface area contributed by atoms with Gasteiger partial charge in [0.2, 0.25) is 0 Å². The number of hydrogen-bond donors (Lipinski definition) is 3. The molecule has 1 aromatic carbocycles. The maximum Gasteiger partial charge on any atom is 0.319 e. The minimum absolute atomic E-state index is 0.198. The number of aryl methyl sites for hydroxylation is 1. The minimum Gasteiger partial charge on any atom is -0.481 e. The smallest absolute Gasteiger partial charge is 0.319 e. The van der Waals surface area contributed by atoms with Gasteiger partial charge in [-0.15, -0.1) is 0 Å². The predicted molar refractivity (Wildman–Crippen MR) is 79.4 cm³/mol. The first-order chi connectivity index (χ1) is 10.1. The van der Waals surface area contributed by atoms with Crippen LogP contribution in [0, 0.1) is 5.41 Å². The summed E-state index contributed by atoms with van der Waals surface area (Å²) in [5.74, 6) is -0.820. The number of hydrogen-bond acceptors (Lipinski definition) is 2. The Morgan fingerprint density at radius 1 is 1.19 bits per heavy atom. The molecule has 1 saturated carbocycles. The van der Waals surface area contributed by atoms with Crippen LogP contribution in [-0.2, 0) is 17.6 Å². The molecular weight excluding hydrogens is 268 g/mol. The minimum atomic E-state index is -0.820. The predicted octanol–water partition coefficient (Wildman–Crippen LogP) is 2.55. The number of urea groups is 1. The lowest BCUT2D eigenvalue weighted by Gasteiger charge is -2.20. The van der Waals surface area contributed by atoms with Crippen LogP contribution in [0.15, 0.2) is 18.2 Å². The summed E-state index contributed by atoms with van der Waals surface area (Å²) in [7, 11) is 0. The van der Waals surface area contributed by atoms with Gasteiger partial charge in [-0.3, -0.25) is 4.79 Å². The van der Waals surface area contributed by atoms with E-state index in [0.29, 0.717) is 12.8 Å². The van der Waals surface area contributed by atoms with E-state index in [1.54, 1.807) is 0 Å². The first-order valence-corrected chi connectivity index (χ1v) is 7.50. The number of carbonyl (C=O) groups excluding carboxylic acids is 1. The van der Waals surface area contributed by atoms with E-state index < -0.39 is 11.4 Å². The van der Waals surface area contributed by atoms with Gasteiger partial charge < -0.3 is 15.7 Å². The highest BCUT2D eigenvalue weighted by atomic mass is 16.4. The Morgan fingerprint density at radius 3 is 2.67 bits per heavy atom. The molecule has 5 heteroatoms. The van der Waals surface area contributed by atoms with Crippen LogP contribution in [0.4, 0.5) is 10.5 Å². The number of anilines is 1. The van der Waals surface area contributed by atoms with Crippen molar-refractivity contribution in [2.75, 3.05) is 11.9 Å². The zero-order chi connectivity index (χ0) is 14.9. The normalized spacial score (nSPS) is 18.5. The second-order valence-corrected chi connectivity index (χ2v) is 6.04. The van der Waals surface area contributed by atoms with Crippen molar-refractivity contribution in [2.45, 2.75) is 38.5 Å². The average Bonchev–Trinajstić information content (AvgIpc) is 3.27. The van der Waals surface area contributed by atoms with Gasteiger partial charge in [0.1, 0.15) is 0 Å². The van der Waals surface area contributed by atoms with Crippen molar-refractivity contribution in [1.29, 1.82) is 0 Å². The summed E-state index contributed by atoms with van der Waals surface area (Å²) in [6, 6.07) is 5.66. The quantitative estimate of drug-likeness (QED) is 0.796. The molecule has 0 bridgehead atoms. The highest BCUT2D eigenvalue weighted by Crippen LogP contribution is 2.45. The number of benzene rings is 1. The Morgan fingerprint density at radius 2 is 1.95 bits per heavy atom. The maximum atomic E-state index is 12.0. The molecule has 0 heterocycles. The second-order valence-electron chi connectivity index (χ2n) is 6.04. The highest BCUT2D eigenvalue weighted by molar-refractivity contribution is 5.91. The SMILES string of the molecule is O=C(NCC1(C(=O)O)CC1)Nc1cccc2c1CCCC2. The summed E-state index contributed by atoms with van der Waals surface area (Å²) in [5.41, 5.74) is 2.65. The molecule has 2 amide bonds. The zero-order valence-corrected chi connectivity index (χ0v) is 11.9. The first-order valence-electron chi connectivity index (χ1n) is 7.50. The molecule has 21 heavy (non-hydrogen) atoms. The van der Waals surface area contributed by atoms with Crippen molar-refractivity contribution in [2.24, 2.45) is 5.41 Å². The molecule has 2 aliphatic carbocycles. The molecule has 112 valence electrons. The molecule has 0 aromatic heterocycles. The summed E-state index contributed by atoms with van der Waals surface area (Å²) >= 11 is 0. The Bertz CT molecular complexity index is 579. The molecule has 1 aromatic rings. The van der Waals surface area contributed by atoms with Crippen LogP contribution in [0.25, 0.3) is 0 Å². The molecule has 3 N–H and O–H groups in total. The molecule has 2 aliphatic rings. The Labute approximate surface area is 123 Å². The van der Waals surface area contributed by atoms with Crippen molar-refractivity contribution in [3.05, 3.63) is 29.3 Å². The lowest BCUT2D eigenvalue weighted by molar-refractivity contribution is -0.143. The molecule has 0 spiro atoms. The van der Waals surface area contributed by atoms with Crippen LogP contribution in [0.2, 0.25) is 0 Å². The summed E-state index contributed by atoms with van der Waals surface area (Å²) in [6.45, 7) is 0.198. The third-order valence-corrected chi connectivity index (χ3v) is 4.54. The van der Waals surface area contributed by atoms with Crippen LogP contribution >= 0.6 is 0 Å². The van der Waals surface area contributed by atoms with Crippen LogP contribution in [0.5, 0.6) is 0 Å². The van der Waals surface area contributed by atoms with Crippen LogP contribution in [0.1, 0.15) is 36.8 Å². The monoisotopic (exact) mass is 288 g/mol. The number of amides is 2. The topological polar surface area (TPSA) is 78.4 Å². The number of aliphatic carboxylic acids is 1. The van der Waals surface area contributed by atoms with Gasteiger partial charge in [-0.25, -0.2) is 4.79 Å². The molecule has 0 unspecified atom stereocenters. The van der Waals surface area contributed by atoms with Crippen LogP contribution in [-0.4, -0.2) is 23.7 Å². The van der Waals surface area contributed by atoms with Crippen LogP contribution < -0.4 is 10.6 Å². The third kappa shape index (κ3) is 2.86. The highest BCUT2D eigenvalue weighted by Gasteiger charge is 2.50. The molecule has 0 saturated heterocycles. The van der Waals surface area contributed by atoms with Crippen molar-refractivity contribution in [1.82, 2.24) is 5.32 Å². The molecule has 0 aliphatic heterocycles. The summed E-state index contributed by atoms with van der Waals surface area (Å²) in [4.78, 5) is 23.1. The van der Waals surface area contributed by atoms with Crippen LogP contribution in [0.3, 0.4) is 0 Å². The van der Waals surface area contributed by atoms with Gasteiger partial charge in [0.15, 0.2) is 0 Å². The second kappa shape index (κ2) is 5.39. The largest absolute Gasteiger partial charge is 0.481 e. The fourth-order valence-corrected chi connectivity index (χ4v) is 2.93. The third-order valence-electron chi connectivity index (χ3n) is 4.54. The number of carboxylic acids is 1. The first kappa shape index (κ1) is 13.9. The van der Waals surface area contributed by atoms with Gasteiger partial charge in [-0.1, -0.05) is 12.1 Å². The van der Waals surface area contributed by atoms with E-state index in [0.717, 1.165) is 24.9 Å². The van der Waals surface area contributed by atoms with Crippen molar-refractivity contribution < 1.29 is 14.7 Å². The lowest BCUT2D eigenvalue weighted by atomic mass is 9.90. The van der Waals surface area contributed by atoms with E-state index in [1.807, 2.05) is 12.1 Å². The maximum absolute atomic E-state index is 12.0. The number of carboxylic acid groups (broad SMARTS) is 1. The lowest BCUT2D eigenvalue weighted by Crippen LogP contribution is -2.37. The van der Waals surface area contributed by atoms with Gasteiger partial charge in [0.25, 0.3) is 0 Å². The summed E-state index contributed by atoms with van der Waals surface area (Å²) in [6.07, 6.45) is 5.69. The Hall–Kier alpha value is -2.04.